The largest absolute Gasteiger partial charge is 0.493 e. The SMILES string of the molecule is CO/N=C(\C)c1c(C(C)(C)C)nn(C)c1O. The van der Waals surface area contributed by atoms with Gasteiger partial charge in [0.15, 0.2) is 0 Å². The van der Waals surface area contributed by atoms with Gasteiger partial charge in [-0.1, -0.05) is 25.9 Å². The fourth-order valence-corrected chi connectivity index (χ4v) is 1.56. The van der Waals surface area contributed by atoms with Crippen LogP contribution < -0.4 is 0 Å². The zero-order chi connectivity index (χ0) is 12.5. The van der Waals surface area contributed by atoms with Gasteiger partial charge in [0.2, 0.25) is 5.88 Å². The van der Waals surface area contributed by atoms with Crippen LogP contribution in [0.2, 0.25) is 0 Å². The summed E-state index contributed by atoms with van der Waals surface area (Å²) in [5.74, 6) is 0.114. The molecular formula is C11H19N3O2. The van der Waals surface area contributed by atoms with Gasteiger partial charge < -0.3 is 9.94 Å². The number of nitrogens with zero attached hydrogens (tertiary/aromatic N) is 3. The molecule has 5 nitrogen and oxygen atoms in total. The highest BCUT2D eigenvalue weighted by molar-refractivity contribution is 6.01. The molecule has 0 aliphatic heterocycles. The first-order valence-corrected chi connectivity index (χ1v) is 5.13. The van der Waals surface area contributed by atoms with E-state index in [1.807, 2.05) is 20.8 Å². The highest BCUT2D eigenvalue weighted by Crippen LogP contribution is 2.30. The molecule has 0 fully saturated rings. The third kappa shape index (κ3) is 2.18. The summed E-state index contributed by atoms with van der Waals surface area (Å²) >= 11 is 0. The van der Waals surface area contributed by atoms with E-state index in [1.165, 1.54) is 11.8 Å². The van der Waals surface area contributed by atoms with Crippen LogP contribution >= 0.6 is 0 Å². The molecule has 0 atom stereocenters. The van der Waals surface area contributed by atoms with Crippen molar-refractivity contribution in [3.63, 3.8) is 0 Å². The van der Waals surface area contributed by atoms with E-state index in [2.05, 4.69) is 10.3 Å². The number of hydrogen-bond donors (Lipinski definition) is 1. The highest BCUT2D eigenvalue weighted by atomic mass is 16.6. The van der Waals surface area contributed by atoms with Crippen molar-refractivity contribution in [3.05, 3.63) is 11.3 Å². The second-order valence-electron chi connectivity index (χ2n) is 4.78. The Morgan fingerprint density at radius 2 is 2.00 bits per heavy atom. The van der Waals surface area contributed by atoms with E-state index < -0.39 is 0 Å². The average Bonchev–Trinajstić information content (AvgIpc) is 2.43. The molecule has 0 saturated heterocycles. The van der Waals surface area contributed by atoms with Gasteiger partial charge in [-0.15, -0.1) is 0 Å². The lowest BCUT2D eigenvalue weighted by Gasteiger charge is -2.16. The second kappa shape index (κ2) is 4.15. The third-order valence-corrected chi connectivity index (χ3v) is 2.32. The van der Waals surface area contributed by atoms with E-state index in [0.717, 1.165) is 5.69 Å². The summed E-state index contributed by atoms with van der Waals surface area (Å²) in [4.78, 5) is 4.73. The molecule has 0 aromatic carbocycles. The number of hydrogen-bond acceptors (Lipinski definition) is 4. The molecule has 0 spiro atoms. The van der Waals surface area contributed by atoms with Crippen molar-refractivity contribution in [1.82, 2.24) is 9.78 Å². The monoisotopic (exact) mass is 225 g/mol. The first kappa shape index (κ1) is 12.5. The minimum atomic E-state index is -0.154. The Kier molecular flexibility index (Phi) is 3.26. The van der Waals surface area contributed by atoms with Gasteiger partial charge in [0.1, 0.15) is 7.11 Å². The van der Waals surface area contributed by atoms with Crippen LogP contribution in [-0.4, -0.2) is 27.7 Å². The number of oxime groups is 1. The summed E-state index contributed by atoms with van der Waals surface area (Å²) in [6.07, 6.45) is 0. The van der Waals surface area contributed by atoms with Crippen molar-refractivity contribution in [3.8, 4) is 5.88 Å². The van der Waals surface area contributed by atoms with Crippen molar-refractivity contribution in [2.24, 2.45) is 12.2 Å². The van der Waals surface area contributed by atoms with E-state index in [9.17, 15) is 5.11 Å². The Morgan fingerprint density at radius 3 is 2.44 bits per heavy atom. The molecule has 5 heteroatoms. The van der Waals surface area contributed by atoms with Crippen LogP contribution in [0.25, 0.3) is 0 Å². The first-order chi connectivity index (χ1) is 7.29. The van der Waals surface area contributed by atoms with E-state index in [-0.39, 0.29) is 11.3 Å². The molecular weight excluding hydrogens is 206 g/mol. The molecule has 0 aliphatic rings. The fraction of sp³-hybridized carbons (Fsp3) is 0.636. The topological polar surface area (TPSA) is 59.6 Å². The van der Waals surface area contributed by atoms with Crippen molar-refractivity contribution in [2.75, 3.05) is 7.11 Å². The van der Waals surface area contributed by atoms with Gasteiger partial charge >= 0.3 is 0 Å². The van der Waals surface area contributed by atoms with Crippen LogP contribution in [0.1, 0.15) is 39.0 Å². The van der Waals surface area contributed by atoms with Gasteiger partial charge in [-0.2, -0.15) is 5.10 Å². The Labute approximate surface area is 95.7 Å². The molecule has 1 N–H and O–H groups in total. The minimum absolute atomic E-state index is 0.114. The maximum atomic E-state index is 9.94. The van der Waals surface area contributed by atoms with Gasteiger partial charge in [-0.05, 0) is 6.92 Å². The fourth-order valence-electron chi connectivity index (χ4n) is 1.56. The van der Waals surface area contributed by atoms with Gasteiger partial charge in [0.05, 0.1) is 17.0 Å². The maximum absolute atomic E-state index is 9.94. The molecule has 0 amide bonds. The average molecular weight is 225 g/mol. The molecule has 1 rings (SSSR count). The molecule has 16 heavy (non-hydrogen) atoms. The Balaban J connectivity index is 3.42. The molecule has 1 aromatic rings. The third-order valence-electron chi connectivity index (χ3n) is 2.32. The summed E-state index contributed by atoms with van der Waals surface area (Å²) in [7, 11) is 3.18. The summed E-state index contributed by atoms with van der Waals surface area (Å²) in [6.45, 7) is 7.91. The van der Waals surface area contributed by atoms with Crippen LogP contribution in [0.3, 0.4) is 0 Å². The summed E-state index contributed by atoms with van der Waals surface area (Å²) in [5, 5.41) is 18.1. The summed E-state index contributed by atoms with van der Waals surface area (Å²) in [5.41, 5.74) is 1.93. The van der Waals surface area contributed by atoms with Crippen LogP contribution in [0, 0.1) is 0 Å². The van der Waals surface area contributed by atoms with E-state index in [4.69, 9.17) is 4.84 Å². The van der Waals surface area contributed by atoms with Crippen molar-refractivity contribution in [1.29, 1.82) is 0 Å². The van der Waals surface area contributed by atoms with E-state index in [0.29, 0.717) is 11.3 Å². The van der Waals surface area contributed by atoms with Gasteiger partial charge in [-0.3, -0.25) is 0 Å². The smallest absolute Gasteiger partial charge is 0.218 e. The molecule has 0 unspecified atom stereocenters. The highest BCUT2D eigenvalue weighted by Gasteiger charge is 2.27. The van der Waals surface area contributed by atoms with Gasteiger partial charge in [0.25, 0.3) is 0 Å². The molecule has 0 saturated carbocycles. The summed E-state index contributed by atoms with van der Waals surface area (Å²) < 4.78 is 1.45. The second-order valence-corrected chi connectivity index (χ2v) is 4.78. The number of aromatic nitrogens is 2. The Morgan fingerprint density at radius 1 is 1.44 bits per heavy atom. The zero-order valence-electron chi connectivity index (χ0n) is 10.7. The molecule has 1 aromatic heterocycles. The minimum Gasteiger partial charge on any atom is -0.493 e. The van der Waals surface area contributed by atoms with Gasteiger partial charge in [-0.25, -0.2) is 4.68 Å². The molecule has 0 aliphatic carbocycles. The molecule has 0 bridgehead atoms. The zero-order valence-corrected chi connectivity index (χ0v) is 10.7. The Bertz CT molecular complexity index is 414. The normalized spacial score (nSPS) is 13.0. The first-order valence-electron chi connectivity index (χ1n) is 5.13. The number of aromatic hydroxyl groups is 1. The lowest BCUT2D eigenvalue weighted by Crippen LogP contribution is -2.16. The molecule has 90 valence electrons. The van der Waals surface area contributed by atoms with Crippen molar-refractivity contribution in [2.45, 2.75) is 33.1 Å². The van der Waals surface area contributed by atoms with Crippen LogP contribution in [0.15, 0.2) is 5.16 Å². The quantitative estimate of drug-likeness (QED) is 0.616. The van der Waals surface area contributed by atoms with Crippen LogP contribution in [0.4, 0.5) is 0 Å². The number of aryl methyl sites for hydroxylation is 1. The molecule has 0 radical (unpaired) electrons. The maximum Gasteiger partial charge on any atom is 0.218 e. The van der Waals surface area contributed by atoms with Crippen molar-refractivity contribution < 1.29 is 9.94 Å². The molecule has 1 heterocycles. The van der Waals surface area contributed by atoms with Crippen molar-refractivity contribution >= 4 is 5.71 Å². The van der Waals surface area contributed by atoms with Crippen LogP contribution in [-0.2, 0) is 17.3 Å². The predicted molar refractivity (Wildman–Crippen MR) is 62.8 cm³/mol. The van der Waals surface area contributed by atoms with E-state index in [1.54, 1.807) is 14.0 Å². The van der Waals surface area contributed by atoms with Gasteiger partial charge in [0, 0.05) is 12.5 Å². The summed E-state index contributed by atoms with van der Waals surface area (Å²) in [6, 6.07) is 0. The predicted octanol–water partition coefficient (Wildman–Crippen LogP) is 1.79. The van der Waals surface area contributed by atoms with E-state index >= 15 is 0 Å². The lowest BCUT2D eigenvalue weighted by atomic mass is 9.88. The Hall–Kier alpha value is -1.52. The standard InChI is InChI=1S/C11H19N3O2/c1-7(13-16-6)8-9(11(2,3)4)12-14(5)10(8)15/h15H,1-6H3/b13-7+. The van der Waals surface area contributed by atoms with Crippen LogP contribution in [0.5, 0.6) is 5.88 Å². The number of rotatable bonds is 2. The lowest BCUT2D eigenvalue weighted by molar-refractivity contribution is 0.213.